The van der Waals surface area contributed by atoms with Gasteiger partial charge in [0.1, 0.15) is 5.69 Å². The number of carboxylic acids is 1. The zero-order valence-electron chi connectivity index (χ0n) is 9.15. The average molecular weight is 301 g/mol. The van der Waals surface area contributed by atoms with Crippen molar-refractivity contribution in [2.24, 2.45) is 0 Å². The molecule has 2 rings (SSSR count). The van der Waals surface area contributed by atoms with Crippen LogP contribution in [0.5, 0.6) is 0 Å². The third kappa shape index (κ3) is 3.09. The van der Waals surface area contributed by atoms with Crippen LogP contribution in [0.25, 0.3) is 0 Å². The van der Waals surface area contributed by atoms with E-state index in [1.807, 2.05) is 0 Å². The van der Waals surface area contributed by atoms with Gasteiger partial charge < -0.3 is 15.0 Å². The van der Waals surface area contributed by atoms with E-state index in [2.05, 4.69) is 20.9 Å². The maximum absolute atomic E-state index is 12.1. The molecule has 2 N–H and O–H groups in total. The first-order valence-corrected chi connectivity index (χ1v) is 6.24. The van der Waals surface area contributed by atoms with Crippen molar-refractivity contribution in [2.45, 2.75) is 25.3 Å². The first kappa shape index (κ1) is 12.2. The van der Waals surface area contributed by atoms with Gasteiger partial charge in [-0.2, -0.15) is 0 Å². The Bertz CT molecular complexity index is 440. The van der Waals surface area contributed by atoms with Crippen molar-refractivity contribution in [3.8, 4) is 0 Å². The molecule has 92 valence electrons. The van der Waals surface area contributed by atoms with Gasteiger partial charge in [0.2, 0.25) is 0 Å². The predicted octanol–water partition coefficient (Wildman–Crippen LogP) is 1.86. The fraction of sp³-hybridized carbons (Fsp3) is 0.455. The maximum Gasteiger partial charge on any atom is 0.305 e. The van der Waals surface area contributed by atoms with Crippen LogP contribution >= 0.6 is 15.9 Å². The van der Waals surface area contributed by atoms with Gasteiger partial charge in [-0.1, -0.05) is 0 Å². The highest BCUT2D eigenvalue weighted by atomic mass is 79.9. The standard InChI is InChI=1S/C11H13BrN2O3/c12-7-5-9(13-6-7)11(17)14(8-1-2-8)4-3-10(15)16/h5-6,8,13H,1-4H2,(H,15,16). The van der Waals surface area contributed by atoms with Crippen molar-refractivity contribution in [3.63, 3.8) is 0 Å². The monoisotopic (exact) mass is 300 g/mol. The number of rotatable bonds is 5. The molecule has 0 aliphatic heterocycles. The van der Waals surface area contributed by atoms with Gasteiger partial charge in [0.15, 0.2) is 0 Å². The van der Waals surface area contributed by atoms with E-state index in [0.717, 1.165) is 17.3 Å². The number of aliphatic carboxylic acids is 1. The summed E-state index contributed by atoms with van der Waals surface area (Å²) in [6.45, 7) is 0.273. The molecule has 0 spiro atoms. The Morgan fingerprint density at radius 2 is 2.24 bits per heavy atom. The largest absolute Gasteiger partial charge is 0.481 e. The van der Waals surface area contributed by atoms with Crippen LogP contribution in [0.2, 0.25) is 0 Å². The Kier molecular flexibility index (Phi) is 3.51. The molecule has 1 aromatic rings. The molecule has 1 fully saturated rings. The van der Waals surface area contributed by atoms with E-state index in [1.54, 1.807) is 17.2 Å². The number of aromatic amines is 1. The second-order valence-corrected chi connectivity index (χ2v) is 5.02. The van der Waals surface area contributed by atoms with Gasteiger partial charge in [0, 0.05) is 23.3 Å². The molecule has 1 heterocycles. The van der Waals surface area contributed by atoms with Gasteiger partial charge in [-0.15, -0.1) is 0 Å². The zero-order valence-corrected chi connectivity index (χ0v) is 10.7. The zero-order chi connectivity index (χ0) is 12.4. The number of amides is 1. The highest BCUT2D eigenvalue weighted by Gasteiger charge is 2.33. The van der Waals surface area contributed by atoms with Crippen molar-refractivity contribution >= 4 is 27.8 Å². The summed E-state index contributed by atoms with van der Waals surface area (Å²) in [7, 11) is 0. The van der Waals surface area contributed by atoms with E-state index < -0.39 is 5.97 Å². The minimum Gasteiger partial charge on any atom is -0.481 e. The predicted molar refractivity (Wildman–Crippen MR) is 64.8 cm³/mol. The Hall–Kier alpha value is -1.30. The summed E-state index contributed by atoms with van der Waals surface area (Å²) in [6, 6.07) is 1.92. The molecule has 1 amide bonds. The quantitative estimate of drug-likeness (QED) is 0.871. The summed E-state index contributed by atoms with van der Waals surface area (Å²) in [6.07, 6.45) is 3.61. The Balaban J connectivity index is 2.05. The molecule has 0 atom stereocenters. The Morgan fingerprint density at radius 1 is 1.53 bits per heavy atom. The molecular weight excluding hydrogens is 288 g/mol. The van der Waals surface area contributed by atoms with Crippen molar-refractivity contribution in [1.29, 1.82) is 0 Å². The summed E-state index contributed by atoms with van der Waals surface area (Å²) in [4.78, 5) is 27.2. The SMILES string of the molecule is O=C(O)CCN(C(=O)c1cc(Br)c[nH]1)C1CC1. The summed E-state index contributed by atoms with van der Waals surface area (Å²) >= 11 is 3.27. The van der Waals surface area contributed by atoms with E-state index in [1.165, 1.54) is 0 Å². The number of carbonyl (C=O) groups is 2. The Morgan fingerprint density at radius 3 is 2.71 bits per heavy atom. The second kappa shape index (κ2) is 4.91. The fourth-order valence-electron chi connectivity index (χ4n) is 1.70. The molecular formula is C11H13BrN2O3. The first-order valence-electron chi connectivity index (χ1n) is 5.44. The van der Waals surface area contributed by atoms with Crippen LogP contribution in [0.1, 0.15) is 29.8 Å². The highest BCUT2D eigenvalue weighted by molar-refractivity contribution is 9.10. The van der Waals surface area contributed by atoms with Crippen LogP contribution < -0.4 is 0 Å². The lowest BCUT2D eigenvalue weighted by atomic mass is 10.3. The second-order valence-electron chi connectivity index (χ2n) is 4.11. The molecule has 17 heavy (non-hydrogen) atoms. The lowest BCUT2D eigenvalue weighted by molar-refractivity contribution is -0.137. The lowest BCUT2D eigenvalue weighted by Crippen LogP contribution is -2.35. The van der Waals surface area contributed by atoms with Crippen LogP contribution in [0.4, 0.5) is 0 Å². The molecule has 5 nitrogen and oxygen atoms in total. The lowest BCUT2D eigenvalue weighted by Gasteiger charge is -2.20. The summed E-state index contributed by atoms with van der Waals surface area (Å²) < 4.78 is 0.815. The number of carbonyl (C=O) groups excluding carboxylic acids is 1. The molecule has 6 heteroatoms. The van der Waals surface area contributed by atoms with E-state index in [9.17, 15) is 9.59 Å². The van der Waals surface area contributed by atoms with Crippen LogP contribution in [0, 0.1) is 0 Å². The number of hydrogen-bond donors (Lipinski definition) is 2. The number of carboxylic acid groups (broad SMARTS) is 1. The van der Waals surface area contributed by atoms with Crippen LogP contribution in [0.3, 0.4) is 0 Å². The highest BCUT2D eigenvalue weighted by Crippen LogP contribution is 2.28. The van der Waals surface area contributed by atoms with Gasteiger partial charge in [-0.25, -0.2) is 0 Å². The smallest absolute Gasteiger partial charge is 0.305 e. The third-order valence-electron chi connectivity index (χ3n) is 2.69. The van der Waals surface area contributed by atoms with Crippen LogP contribution in [0.15, 0.2) is 16.7 Å². The van der Waals surface area contributed by atoms with Gasteiger partial charge in [0.05, 0.1) is 6.42 Å². The molecule has 1 aliphatic carbocycles. The molecule has 0 saturated heterocycles. The van der Waals surface area contributed by atoms with Crippen LogP contribution in [-0.4, -0.2) is 39.5 Å². The van der Waals surface area contributed by atoms with Crippen LogP contribution in [-0.2, 0) is 4.79 Å². The third-order valence-corrected chi connectivity index (χ3v) is 3.15. The van der Waals surface area contributed by atoms with Crippen molar-refractivity contribution in [1.82, 2.24) is 9.88 Å². The summed E-state index contributed by atoms with van der Waals surface area (Å²) in [5.74, 6) is -1.00. The first-order chi connectivity index (χ1) is 8.08. The molecule has 0 radical (unpaired) electrons. The van der Waals surface area contributed by atoms with E-state index >= 15 is 0 Å². The van der Waals surface area contributed by atoms with E-state index in [-0.39, 0.29) is 24.9 Å². The molecule has 0 bridgehead atoms. The number of halogens is 1. The van der Waals surface area contributed by atoms with Crippen molar-refractivity contribution in [2.75, 3.05) is 6.54 Å². The molecule has 1 saturated carbocycles. The van der Waals surface area contributed by atoms with Crippen molar-refractivity contribution < 1.29 is 14.7 Å². The molecule has 1 aromatic heterocycles. The van der Waals surface area contributed by atoms with E-state index in [0.29, 0.717) is 5.69 Å². The topological polar surface area (TPSA) is 73.4 Å². The normalized spacial score (nSPS) is 14.6. The van der Waals surface area contributed by atoms with Gasteiger partial charge >= 0.3 is 5.97 Å². The van der Waals surface area contributed by atoms with Gasteiger partial charge in [0.25, 0.3) is 5.91 Å². The minimum atomic E-state index is -0.879. The van der Waals surface area contributed by atoms with Gasteiger partial charge in [-0.3, -0.25) is 9.59 Å². The minimum absolute atomic E-state index is 0.00980. The summed E-state index contributed by atoms with van der Waals surface area (Å²) in [5.41, 5.74) is 0.495. The average Bonchev–Trinajstić information content (AvgIpc) is 3.00. The van der Waals surface area contributed by atoms with E-state index in [4.69, 9.17) is 5.11 Å². The Labute approximate surface area is 107 Å². The number of nitrogens with one attached hydrogen (secondary N) is 1. The molecule has 1 aliphatic rings. The number of aromatic nitrogens is 1. The number of hydrogen-bond acceptors (Lipinski definition) is 2. The summed E-state index contributed by atoms with van der Waals surface area (Å²) in [5, 5.41) is 8.67. The van der Waals surface area contributed by atoms with Crippen molar-refractivity contribution in [3.05, 3.63) is 22.4 Å². The fourth-order valence-corrected chi connectivity index (χ4v) is 2.04. The molecule has 0 aromatic carbocycles. The molecule has 0 unspecified atom stereocenters. The maximum atomic E-state index is 12.1. The number of H-pyrrole nitrogens is 1. The number of nitrogens with zero attached hydrogens (tertiary/aromatic N) is 1. The van der Waals surface area contributed by atoms with Gasteiger partial charge in [-0.05, 0) is 34.8 Å².